The Bertz CT molecular complexity index is 1120. The van der Waals surface area contributed by atoms with Gasteiger partial charge in [0.2, 0.25) is 5.91 Å². The molecule has 1 amide bonds. The number of anilines is 1. The Morgan fingerprint density at radius 3 is 2.79 bits per heavy atom. The fraction of sp³-hybridized carbons (Fsp3) is 0.389. The van der Waals surface area contributed by atoms with Gasteiger partial charge in [-0.15, -0.1) is 23.1 Å². The number of fused-ring (bicyclic) bond motifs is 1. The third-order valence-electron chi connectivity index (χ3n) is 4.10. The van der Waals surface area contributed by atoms with Crippen LogP contribution < -0.4 is 10.9 Å². The molecule has 0 aliphatic rings. The van der Waals surface area contributed by atoms with E-state index in [1.54, 1.807) is 19.9 Å². The number of aromatic amines is 1. The lowest BCUT2D eigenvalue weighted by atomic mass is 10.2. The van der Waals surface area contributed by atoms with Crippen LogP contribution >= 0.6 is 23.1 Å². The van der Waals surface area contributed by atoms with E-state index in [0.29, 0.717) is 27.6 Å². The van der Waals surface area contributed by atoms with Crippen LogP contribution in [0.1, 0.15) is 35.1 Å². The molecule has 0 aromatic carbocycles. The summed E-state index contributed by atoms with van der Waals surface area (Å²) < 4.78 is 10.2. The first-order valence-corrected chi connectivity index (χ1v) is 10.7. The number of nitrogens with zero attached hydrogens (tertiary/aromatic N) is 2. The number of thioether (sulfide) groups is 1. The molecule has 0 radical (unpaired) electrons. The van der Waals surface area contributed by atoms with Crippen molar-refractivity contribution >= 4 is 51.0 Å². The van der Waals surface area contributed by atoms with Gasteiger partial charge in [0.05, 0.1) is 16.9 Å². The highest BCUT2D eigenvalue weighted by Crippen LogP contribution is 2.27. The van der Waals surface area contributed by atoms with E-state index in [1.807, 2.05) is 13.8 Å². The summed E-state index contributed by atoms with van der Waals surface area (Å²) in [5.41, 5.74) is 0.661. The molecule has 1 atom stereocenters. The molecule has 0 bridgehead atoms. The first-order chi connectivity index (χ1) is 13.7. The molecule has 0 aliphatic carbocycles. The number of carbonyl (C=O) groups is 2. The van der Waals surface area contributed by atoms with Gasteiger partial charge in [0.15, 0.2) is 17.7 Å². The van der Waals surface area contributed by atoms with E-state index in [0.717, 1.165) is 22.2 Å². The van der Waals surface area contributed by atoms with Crippen LogP contribution in [0.2, 0.25) is 0 Å². The number of ether oxygens (including phenoxy) is 1. The Labute approximate surface area is 174 Å². The molecule has 3 rings (SSSR count). The number of thiophene rings is 1. The fourth-order valence-corrected chi connectivity index (χ4v) is 4.21. The molecule has 0 saturated heterocycles. The third-order valence-corrected chi connectivity index (χ3v) is 6.11. The second-order valence-electron chi connectivity index (χ2n) is 6.41. The standard InChI is InChI=1S/C18H20N4O5S2/c1-8-5-12(22-27-8)19-13(23)6-28-7-14(24)26-10(3)16-20-17(25)15-9(2)11(4)29-18(15)21-16/h5,10H,6-7H2,1-4H3,(H,19,22,23)(H,20,21,25). The van der Waals surface area contributed by atoms with E-state index >= 15 is 0 Å². The molecule has 1 unspecified atom stereocenters. The first-order valence-electron chi connectivity index (χ1n) is 8.75. The van der Waals surface area contributed by atoms with Crippen LogP contribution in [0, 0.1) is 20.8 Å². The monoisotopic (exact) mass is 436 g/mol. The second-order valence-corrected chi connectivity index (χ2v) is 8.60. The normalized spacial score (nSPS) is 12.1. The van der Waals surface area contributed by atoms with E-state index in [9.17, 15) is 14.4 Å². The van der Waals surface area contributed by atoms with Gasteiger partial charge in [-0.25, -0.2) is 4.98 Å². The maximum absolute atomic E-state index is 12.3. The van der Waals surface area contributed by atoms with E-state index < -0.39 is 12.1 Å². The van der Waals surface area contributed by atoms with Crippen LogP contribution in [0.5, 0.6) is 0 Å². The number of hydrogen-bond donors (Lipinski definition) is 2. The summed E-state index contributed by atoms with van der Waals surface area (Å²) in [6, 6.07) is 1.60. The number of esters is 1. The van der Waals surface area contributed by atoms with Gasteiger partial charge in [-0.2, -0.15) is 0 Å². The average molecular weight is 437 g/mol. The maximum Gasteiger partial charge on any atom is 0.316 e. The van der Waals surface area contributed by atoms with Crippen LogP contribution in [0.15, 0.2) is 15.4 Å². The molecule has 0 spiro atoms. The van der Waals surface area contributed by atoms with Crippen LogP contribution in [0.4, 0.5) is 5.82 Å². The summed E-state index contributed by atoms with van der Waals surface area (Å²) in [6.07, 6.45) is -0.713. The fourth-order valence-electron chi connectivity index (χ4n) is 2.58. The minimum Gasteiger partial charge on any atom is -0.454 e. The third kappa shape index (κ3) is 5.04. The molecule has 154 valence electrons. The number of aromatic nitrogens is 3. The van der Waals surface area contributed by atoms with Crippen molar-refractivity contribution in [3.8, 4) is 0 Å². The predicted molar refractivity (Wildman–Crippen MR) is 111 cm³/mol. The van der Waals surface area contributed by atoms with Gasteiger partial charge >= 0.3 is 5.97 Å². The smallest absolute Gasteiger partial charge is 0.316 e. The van der Waals surface area contributed by atoms with Gasteiger partial charge in [-0.05, 0) is 33.3 Å². The SMILES string of the molecule is Cc1cc(NC(=O)CSCC(=O)OC(C)c2nc3sc(C)c(C)c3c(=O)[nH]2)no1. The zero-order valence-corrected chi connectivity index (χ0v) is 18.0. The molecule has 0 saturated carbocycles. The van der Waals surface area contributed by atoms with Gasteiger partial charge in [0.25, 0.3) is 5.56 Å². The molecule has 0 aliphatic heterocycles. The number of H-pyrrole nitrogens is 1. The number of hydrogen-bond acceptors (Lipinski definition) is 9. The summed E-state index contributed by atoms with van der Waals surface area (Å²) in [7, 11) is 0. The highest BCUT2D eigenvalue weighted by atomic mass is 32.2. The molecular formula is C18H20N4O5S2. The van der Waals surface area contributed by atoms with Crippen molar-refractivity contribution in [3.05, 3.63) is 38.4 Å². The highest BCUT2D eigenvalue weighted by molar-refractivity contribution is 8.00. The van der Waals surface area contributed by atoms with Gasteiger partial charge in [0, 0.05) is 10.9 Å². The van der Waals surface area contributed by atoms with Gasteiger partial charge < -0.3 is 19.6 Å². The second kappa shape index (κ2) is 8.78. The zero-order chi connectivity index (χ0) is 21.1. The number of aryl methyl sites for hydroxylation is 3. The Morgan fingerprint density at radius 1 is 1.34 bits per heavy atom. The van der Waals surface area contributed by atoms with Crippen molar-refractivity contribution in [2.24, 2.45) is 0 Å². The quantitative estimate of drug-likeness (QED) is 0.541. The molecule has 3 heterocycles. The molecule has 9 nitrogen and oxygen atoms in total. The lowest BCUT2D eigenvalue weighted by molar-refractivity contribution is -0.145. The van der Waals surface area contributed by atoms with Crippen LogP contribution in [-0.4, -0.2) is 38.5 Å². The molecule has 3 aromatic rings. The minimum absolute atomic E-state index is 0.0146. The van der Waals surface area contributed by atoms with E-state index in [-0.39, 0.29) is 23.0 Å². The lowest BCUT2D eigenvalue weighted by Gasteiger charge is -2.12. The van der Waals surface area contributed by atoms with Crippen LogP contribution in [-0.2, 0) is 14.3 Å². The molecular weight excluding hydrogens is 416 g/mol. The Morgan fingerprint density at radius 2 is 2.10 bits per heavy atom. The van der Waals surface area contributed by atoms with Crippen molar-refractivity contribution in [2.45, 2.75) is 33.8 Å². The molecule has 29 heavy (non-hydrogen) atoms. The van der Waals surface area contributed by atoms with Gasteiger partial charge in [0.1, 0.15) is 10.6 Å². The number of rotatable bonds is 7. The Balaban J connectivity index is 1.52. The summed E-state index contributed by atoms with van der Waals surface area (Å²) in [4.78, 5) is 45.0. The van der Waals surface area contributed by atoms with Crippen molar-refractivity contribution in [3.63, 3.8) is 0 Å². The molecule has 2 N–H and O–H groups in total. The largest absolute Gasteiger partial charge is 0.454 e. The highest BCUT2D eigenvalue weighted by Gasteiger charge is 2.18. The lowest BCUT2D eigenvalue weighted by Crippen LogP contribution is -2.19. The molecule has 0 fully saturated rings. The molecule has 11 heteroatoms. The summed E-state index contributed by atoms with van der Waals surface area (Å²) in [5.74, 6) is 0.444. The summed E-state index contributed by atoms with van der Waals surface area (Å²) in [6.45, 7) is 7.17. The topological polar surface area (TPSA) is 127 Å². The summed E-state index contributed by atoms with van der Waals surface area (Å²) in [5, 5.41) is 6.80. The number of carbonyl (C=O) groups excluding carboxylic acids is 2. The molecule has 3 aromatic heterocycles. The van der Waals surface area contributed by atoms with E-state index in [1.165, 1.54) is 11.3 Å². The van der Waals surface area contributed by atoms with E-state index in [4.69, 9.17) is 9.26 Å². The number of nitrogens with one attached hydrogen (secondary N) is 2. The van der Waals surface area contributed by atoms with Crippen molar-refractivity contribution < 1.29 is 18.8 Å². The average Bonchev–Trinajstić information content (AvgIpc) is 3.17. The maximum atomic E-state index is 12.3. The number of amides is 1. The van der Waals surface area contributed by atoms with Crippen molar-refractivity contribution in [1.82, 2.24) is 15.1 Å². The summed E-state index contributed by atoms with van der Waals surface area (Å²) >= 11 is 2.54. The van der Waals surface area contributed by atoms with Crippen molar-refractivity contribution in [2.75, 3.05) is 16.8 Å². The first kappa shape index (κ1) is 21.1. The van der Waals surface area contributed by atoms with Gasteiger partial charge in [-0.1, -0.05) is 5.16 Å². The Hall–Kier alpha value is -2.66. The van der Waals surface area contributed by atoms with Crippen LogP contribution in [0.3, 0.4) is 0 Å². The van der Waals surface area contributed by atoms with E-state index in [2.05, 4.69) is 20.4 Å². The predicted octanol–water partition coefficient (Wildman–Crippen LogP) is 2.87. The van der Waals surface area contributed by atoms with Crippen molar-refractivity contribution in [1.29, 1.82) is 0 Å². The van der Waals surface area contributed by atoms with Crippen LogP contribution in [0.25, 0.3) is 10.2 Å². The van der Waals surface area contributed by atoms with Gasteiger partial charge in [-0.3, -0.25) is 14.4 Å². The minimum atomic E-state index is -0.713. The Kier molecular flexibility index (Phi) is 6.38. The zero-order valence-electron chi connectivity index (χ0n) is 16.3.